The molecule has 1 N–H and O–H groups in total. The van der Waals surface area contributed by atoms with Crippen molar-refractivity contribution in [2.45, 2.75) is 26.0 Å². The first-order valence-electron chi connectivity index (χ1n) is 8.36. The van der Waals surface area contributed by atoms with Crippen molar-refractivity contribution in [1.82, 2.24) is 5.32 Å². The molecule has 3 aromatic rings. The third-order valence-electron chi connectivity index (χ3n) is 4.06. The highest BCUT2D eigenvalue weighted by Gasteiger charge is 2.23. The van der Waals surface area contributed by atoms with Crippen LogP contribution >= 0.6 is 11.6 Å². The molecular weight excluding hydrogens is 350 g/mol. The zero-order valence-electron chi connectivity index (χ0n) is 14.6. The van der Waals surface area contributed by atoms with Crippen LogP contribution in [-0.2, 0) is 4.79 Å². The summed E-state index contributed by atoms with van der Waals surface area (Å²) < 4.78 is 11.3. The molecular formula is C21H20ClNO3. The van der Waals surface area contributed by atoms with Crippen LogP contribution in [-0.4, -0.2) is 12.0 Å². The average Bonchev–Trinajstić information content (AvgIpc) is 3.17. The van der Waals surface area contributed by atoms with Gasteiger partial charge in [-0.25, -0.2) is 0 Å². The van der Waals surface area contributed by atoms with Crippen molar-refractivity contribution < 1.29 is 13.9 Å². The van der Waals surface area contributed by atoms with Crippen molar-refractivity contribution in [3.63, 3.8) is 0 Å². The van der Waals surface area contributed by atoms with Crippen LogP contribution in [0.25, 0.3) is 0 Å². The normalized spacial score (nSPS) is 13.0. The summed E-state index contributed by atoms with van der Waals surface area (Å²) >= 11 is 5.96. The summed E-state index contributed by atoms with van der Waals surface area (Å²) in [6.45, 7) is 3.61. The van der Waals surface area contributed by atoms with Gasteiger partial charge in [0.25, 0.3) is 5.91 Å². The number of nitrogens with one attached hydrogen (secondary N) is 1. The zero-order valence-corrected chi connectivity index (χ0v) is 15.4. The molecule has 134 valence electrons. The fourth-order valence-corrected chi connectivity index (χ4v) is 2.90. The first kappa shape index (κ1) is 18.1. The molecule has 2 aromatic carbocycles. The van der Waals surface area contributed by atoms with Gasteiger partial charge in [-0.15, -0.1) is 0 Å². The monoisotopic (exact) mass is 369 g/mol. The second-order valence-corrected chi connectivity index (χ2v) is 6.47. The predicted molar refractivity (Wildman–Crippen MR) is 101 cm³/mol. The van der Waals surface area contributed by atoms with Crippen LogP contribution in [0.15, 0.2) is 71.3 Å². The molecule has 0 radical (unpaired) electrons. The number of benzene rings is 2. The molecule has 5 heteroatoms. The maximum absolute atomic E-state index is 12.7. The van der Waals surface area contributed by atoms with Gasteiger partial charge in [-0.2, -0.15) is 0 Å². The van der Waals surface area contributed by atoms with E-state index >= 15 is 0 Å². The van der Waals surface area contributed by atoms with E-state index in [1.807, 2.05) is 43.3 Å². The lowest BCUT2D eigenvalue weighted by molar-refractivity contribution is -0.127. The zero-order chi connectivity index (χ0) is 18.5. The van der Waals surface area contributed by atoms with Gasteiger partial charge in [-0.05, 0) is 55.3 Å². The van der Waals surface area contributed by atoms with Gasteiger partial charge in [0.2, 0.25) is 0 Å². The van der Waals surface area contributed by atoms with Gasteiger partial charge in [-0.1, -0.05) is 41.9 Å². The lowest BCUT2D eigenvalue weighted by atomic mass is 10.0. The molecule has 0 aliphatic heterocycles. The van der Waals surface area contributed by atoms with Crippen molar-refractivity contribution in [1.29, 1.82) is 0 Å². The maximum Gasteiger partial charge on any atom is 0.261 e. The third-order valence-corrected chi connectivity index (χ3v) is 4.29. The Morgan fingerprint density at radius 1 is 1.12 bits per heavy atom. The summed E-state index contributed by atoms with van der Waals surface area (Å²) in [6, 6.07) is 18.2. The standard InChI is InChI=1S/C21H20ClNO3/c1-14-13-17(22)10-11-18(14)26-15(2)21(24)23-20(19-9-6-12-25-19)16-7-4-3-5-8-16/h3-13,15,20H,1-2H3,(H,23,24). The predicted octanol–water partition coefficient (Wildman–Crippen LogP) is 4.91. The molecule has 26 heavy (non-hydrogen) atoms. The second kappa shape index (κ2) is 8.11. The SMILES string of the molecule is Cc1cc(Cl)ccc1OC(C)C(=O)NC(c1ccccc1)c1ccco1. The summed E-state index contributed by atoms with van der Waals surface area (Å²) in [7, 11) is 0. The van der Waals surface area contributed by atoms with Crippen LogP contribution in [0.2, 0.25) is 5.02 Å². The van der Waals surface area contributed by atoms with Crippen molar-refractivity contribution in [2.75, 3.05) is 0 Å². The van der Waals surface area contributed by atoms with E-state index < -0.39 is 6.10 Å². The minimum Gasteiger partial charge on any atom is -0.481 e. The highest BCUT2D eigenvalue weighted by Crippen LogP contribution is 2.25. The van der Waals surface area contributed by atoms with Crippen LogP contribution in [0.5, 0.6) is 5.75 Å². The summed E-state index contributed by atoms with van der Waals surface area (Å²) in [4.78, 5) is 12.7. The number of ether oxygens (including phenoxy) is 1. The smallest absolute Gasteiger partial charge is 0.261 e. The Hall–Kier alpha value is -2.72. The Morgan fingerprint density at radius 3 is 2.54 bits per heavy atom. The fraction of sp³-hybridized carbons (Fsp3) is 0.190. The van der Waals surface area contributed by atoms with E-state index in [0.717, 1.165) is 11.1 Å². The van der Waals surface area contributed by atoms with Crippen LogP contribution in [0.1, 0.15) is 29.9 Å². The summed E-state index contributed by atoms with van der Waals surface area (Å²) in [5.74, 6) is 1.07. The molecule has 1 heterocycles. The van der Waals surface area contributed by atoms with E-state index in [4.69, 9.17) is 20.8 Å². The Labute approximate surface area is 157 Å². The molecule has 2 unspecified atom stereocenters. The van der Waals surface area contributed by atoms with Gasteiger partial charge in [0.1, 0.15) is 17.6 Å². The second-order valence-electron chi connectivity index (χ2n) is 6.04. The first-order chi connectivity index (χ1) is 12.5. The molecule has 1 aromatic heterocycles. The summed E-state index contributed by atoms with van der Waals surface area (Å²) in [5, 5.41) is 3.64. The van der Waals surface area contributed by atoms with Crippen molar-refractivity contribution in [3.8, 4) is 5.75 Å². The van der Waals surface area contributed by atoms with Crippen LogP contribution < -0.4 is 10.1 Å². The topological polar surface area (TPSA) is 51.5 Å². The Bertz CT molecular complexity index is 862. The van der Waals surface area contributed by atoms with Crippen molar-refractivity contribution >= 4 is 17.5 Å². The van der Waals surface area contributed by atoms with Crippen LogP contribution in [0, 0.1) is 6.92 Å². The molecule has 0 aliphatic rings. The number of hydrogen-bond donors (Lipinski definition) is 1. The number of carbonyl (C=O) groups excluding carboxylic acids is 1. The molecule has 0 fully saturated rings. The average molecular weight is 370 g/mol. The largest absolute Gasteiger partial charge is 0.481 e. The lowest BCUT2D eigenvalue weighted by Crippen LogP contribution is -2.39. The maximum atomic E-state index is 12.7. The summed E-state index contributed by atoms with van der Waals surface area (Å²) in [5.41, 5.74) is 1.81. The molecule has 0 saturated heterocycles. The van der Waals surface area contributed by atoms with Gasteiger partial charge >= 0.3 is 0 Å². The van der Waals surface area contributed by atoms with E-state index in [-0.39, 0.29) is 11.9 Å². The van der Waals surface area contributed by atoms with Gasteiger partial charge in [-0.3, -0.25) is 4.79 Å². The number of furan rings is 1. The van der Waals surface area contributed by atoms with Gasteiger partial charge in [0, 0.05) is 5.02 Å². The van der Waals surface area contributed by atoms with E-state index in [2.05, 4.69) is 5.32 Å². The number of halogens is 1. The van der Waals surface area contributed by atoms with E-state index in [0.29, 0.717) is 16.5 Å². The molecule has 0 saturated carbocycles. The number of amides is 1. The van der Waals surface area contributed by atoms with E-state index in [1.54, 1.807) is 37.5 Å². The fourth-order valence-electron chi connectivity index (χ4n) is 2.67. The van der Waals surface area contributed by atoms with Crippen molar-refractivity contribution in [3.05, 3.63) is 88.8 Å². The van der Waals surface area contributed by atoms with Crippen LogP contribution in [0.3, 0.4) is 0 Å². The summed E-state index contributed by atoms with van der Waals surface area (Å²) in [6.07, 6.45) is 0.921. The molecule has 0 aliphatic carbocycles. The molecule has 1 amide bonds. The Balaban J connectivity index is 1.75. The quantitative estimate of drug-likeness (QED) is 0.671. The number of rotatable bonds is 6. The Morgan fingerprint density at radius 2 is 1.88 bits per heavy atom. The third kappa shape index (κ3) is 4.27. The van der Waals surface area contributed by atoms with Gasteiger partial charge in [0.05, 0.1) is 6.26 Å². The van der Waals surface area contributed by atoms with Crippen LogP contribution in [0.4, 0.5) is 0 Å². The number of aryl methyl sites for hydroxylation is 1. The molecule has 4 nitrogen and oxygen atoms in total. The molecule has 0 spiro atoms. The van der Waals surface area contributed by atoms with Gasteiger partial charge in [0.15, 0.2) is 6.10 Å². The highest BCUT2D eigenvalue weighted by molar-refractivity contribution is 6.30. The van der Waals surface area contributed by atoms with E-state index in [1.165, 1.54) is 0 Å². The number of hydrogen-bond acceptors (Lipinski definition) is 3. The number of carbonyl (C=O) groups is 1. The molecule has 3 rings (SSSR count). The minimum absolute atomic E-state index is 0.232. The van der Waals surface area contributed by atoms with Gasteiger partial charge < -0.3 is 14.5 Å². The van der Waals surface area contributed by atoms with E-state index in [9.17, 15) is 4.79 Å². The van der Waals surface area contributed by atoms with Crippen molar-refractivity contribution in [2.24, 2.45) is 0 Å². The first-order valence-corrected chi connectivity index (χ1v) is 8.74. The molecule has 2 atom stereocenters. The Kier molecular flexibility index (Phi) is 5.64. The minimum atomic E-state index is -0.670. The highest BCUT2D eigenvalue weighted by atomic mass is 35.5. The molecule has 0 bridgehead atoms. The lowest BCUT2D eigenvalue weighted by Gasteiger charge is -2.21.